The third kappa shape index (κ3) is 2.50. The lowest BCUT2D eigenvalue weighted by Crippen LogP contribution is -2.00. The monoisotopic (exact) mass is 265 g/mol. The van der Waals surface area contributed by atoms with Gasteiger partial charge >= 0.3 is 0 Å². The summed E-state index contributed by atoms with van der Waals surface area (Å²) in [4.78, 5) is 17.1. The van der Waals surface area contributed by atoms with E-state index < -0.39 is 0 Å². The number of carbonyl (C=O) groups is 1. The van der Waals surface area contributed by atoms with Crippen LogP contribution in [0.5, 0.6) is 5.75 Å². The van der Waals surface area contributed by atoms with Crippen LogP contribution in [-0.4, -0.2) is 24.1 Å². The van der Waals surface area contributed by atoms with E-state index >= 15 is 0 Å². The van der Waals surface area contributed by atoms with Crippen LogP contribution in [0.2, 0.25) is 0 Å². The van der Waals surface area contributed by atoms with Gasteiger partial charge in [-0.15, -0.1) is 23.1 Å². The Morgan fingerprint density at radius 1 is 1.35 bits per heavy atom. The Morgan fingerprint density at radius 2 is 2.06 bits per heavy atom. The average molecular weight is 265 g/mol. The summed E-state index contributed by atoms with van der Waals surface area (Å²) in [5.74, 6) is 0.760. The van der Waals surface area contributed by atoms with Crippen LogP contribution < -0.4 is 4.74 Å². The number of carbonyl (C=O) groups excluding carboxylic acids is 1. The molecular formula is C12H11NO2S2. The normalized spacial score (nSPS) is 10.2. The third-order valence-electron chi connectivity index (χ3n) is 2.29. The van der Waals surface area contributed by atoms with Crippen molar-refractivity contribution in [2.45, 2.75) is 5.03 Å². The van der Waals surface area contributed by atoms with E-state index in [1.165, 1.54) is 23.1 Å². The first kappa shape index (κ1) is 12.1. The van der Waals surface area contributed by atoms with Crippen molar-refractivity contribution < 1.29 is 9.53 Å². The van der Waals surface area contributed by atoms with Gasteiger partial charge in [-0.3, -0.25) is 4.79 Å². The molecule has 0 aliphatic rings. The van der Waals surface area contributed by atoms with Crippen molar-refractivity contribution in [3.8, 4) is 5.75 Å². The number of thioether (sulfide) groups is 1. The van der Waals surface area contributed by atoms with Crippen LogP contribution in [0.15, 0.2) is 34.8 Å². The molecule has 3 nitrogen and oxygen atoms in total. The Labute approximate surface area is 108 Å². The molecular weight excluding hydrogens is 254 g/mol. The second kappa shape index (κ2) is 5.33. The summed E-state index contributed by atoms with van der Waals surface area (Å²) in [6.07, 6.45) is 1.92. The van der Waals surface area contributed by atoms with Gasteiger partial charge in [-0.25, -0.2) is 4.98 Å². The Morgan fingerprint density at radius 3 is 2.65 bits per heavy atom. The molecule has 0 saturated carbocycles. The molecule has 0 bridgehead atoms. The quantitative estimate of drug-likeness (QED) is 0.629. The molecule has 1 aromatic carbocycles. The van der Waals surface area contributed by atoms with Crippen molar-refractivity contribution in [3.63, 3.8) is 0 Å². The van der Waals surface area contributed by atoms with Gasteiger partial charge in [0.15, 0.2) is 0 Å². The minimum absolute atomic E-state index is 0.0134. The molecule has 17 heavy (non-hydrogen) atoms. The number of aromatic nitrogens is 1. The topological polar surface area (TPSA) is 39.2 Å². The lowest BCUT2D eigenvalue weighted by atomic mass is 10.1. The van der Waals surface area contributed by atoms with Crippen LogP contribution in [0.25, 0.3) is 0 Å². The van der Waals surface area contributed by atoms with E-state index in [-0.39, 0.29) is 5.78 Å². The second-order valence-corrected chi connectivity index (χ2v) is 4.90. The van der Waals surface area contributed by atoms with E-state index in [0.29, 0.717) is 10.4 Å². The highest BCUT2D eigenvalue weighted by Gasteiger charge is 2.15. The Balaban J connectivity index is 2.30. The van der Waals surface area contributed by atoms with Gasteiger partial charge in [-0.05, 0) is 30.5 Å². The molecule has 1 aromatic heterocycles. The first-order valence-electron chi connectivity index (χ1n) is 4.92. The van der Waals surface area contributed by atoms with Crippen molar-refractivity contribution in [2.75, 3.05) is 13.4 Å². The molecule has 5 heteroatoms. The largest absolute Gasteiger partial charge is 0.497 e. The zero-order valence-corrected chi connectivity index (χ0v) is 11.1. The van der Waals surface area contributed by atoms with Gasteiger partial charge < -0.3 is 4.74 Å². The fraction of sp³-hybridized carbons (Fsp3) is 0.167. The molecule has 0 unspecified atom stereocenters. The molecule has 0 amide bonds. The van der Waals surface area contributed by atoms with E-state index in [2.05, 4.69) is 4.98 Å². The molecule has 0 aliphatic carbocycles. The maximum Gasteiger partial charge on any atom is 0.205 e. The van der Waals surface area contributed by atoms with E-state index in [4.69, 9.17) is 4.74 Å². The van der Waals surface area contributed by atoms with Gasteiger partial charge in [0.05, 0.1) is 12.6 Å². The summed E-state index contributed by atoms with van der Waals surface area (Å²) < 4.78 is 5.06. The molecule has 0 N–H and O–H groups in total. The van der Waals surface area contributed by atoms with Crippen molar-refractivity contribution in [3.05, 3.63) is 40.2 Å². The maximum absolute atomic E-state index is 12.2. The Kier molecular flexibility index (Phi) is 3.81. The first-order valence-corrected chi connectivity index (χ1v) is 7.03. The molecule has 0 aliphatic heterocycles. The number of rotatable bonds is 4. The maximum atomic E-state index is 12.2. The Bertz CT molecular complexity index is 520. The molecule has 1 heterocycles. The van der Waals surface area contributed by atoms with Gasteiger partial charge in [0.25, 0.3) is 0 Å². The molecule has 2 aromatic rings. The highest BCUT2D eigenvalue weighted by molar-refractivity contribution is 7.98. The summed E-state index contributed by atoms with van der Waals surface area (Å²) in [6, 6.07) is 7.11. The number of nitrogens with zero attached hydrogens (tertiary/aromatic N) is 1. The van der Waals surface area contributed by atoms with E-state index in [1.54, 1.807) is 36.9 Å². The number of ketones is 1. The summed E-state index contributed by atoms with van der Waals surface area (Å²) in [7, 11) is 1.60. The minimum atomic E-state index is 0.0134. The predicted molar refractivity (Wildman–Crippen MR) is 70.3 cm³/mol. The van der Waals surface area contributed by atoms with E-state index in [1.807, 2.05) is 6.26 Å². The van der Waals surface area contributed by atoms with Gasteiger partial charge in [0.2, 0.25) is 5.78 Å². The number of hydrogen-bond donors (Lipinski definition) is 0. The number of ether oxygens (including phenoxy) is 1. The van der Waals surface area contributed by atoms with Gasteiger partial charge in [-0.1, -0.05) is 0 Å². The molecule has 0 radical (unpaired) electrons. The summed E-state index contributed by atoms with van der Waals surface area (Å²) >= 11 is 2.86. The molecule has 0 saturated heterocycles. The minimum Gasteiger partial charge on any atom is -0.497 e. The number of methoxy groups -OCH3 is 1. The summed E-state index contributed by atoms with van der Waals surface area (Å²) in [5.41, 5.74) is 2.35. The summed E-state index contributed by atoms with van der Waals surface area (Å²) in [6.45, 7) is 0. The van der Waals surface area contributed by atoms with Crippen molar-refractivity contribution in [1.82, 2.24) is 4.98 Å². The molecule has 88 valence electrons. The Hall–Kier alpha value is -1.33. The van der Waals surface area contributed by atoms with Crippen LogP contribution in [-0.2, 0) is 0 Å². The lowest BCUT2D eigenvalue weighted by Gasteiger charge is -2.02. The highest BCUT2D eigenvalue weighted by atomic mass is 32.2. The summed E-state index contributed by atoms with van der Waals surface area (Å²) in [5, 5.41) is 0.788. The number of hydrogen-bond acceptors (Lipinski definition) is 5. The van der Waals surface area contributed by atoms with Gasteiger partial charge in [-0.2, -0.15) is 0 Å². The zero-order valence-electron chi connectivity index (χ0n) is 9.47. The van der Waals surface area contributed by atoms with Crippen LogP contribution in [0, 0.1) is 0 Å². The van der Waals surface area contributed by atoms with Crippen LogP contribution in [0.1, 0.15) is 15.2 Å². The standard InChI is InChI=1S/C12H11NO2S2/c1-15-9-5-3-8(4-6-9)10(14)11-12(16-2)13-7-17-11/h3-7H,1-2H3. The predicted octanol–water partition coefficient (Wildman–Crippen LogP) is 3.10. The number of benzene rings is 1. The van der Waals surface area contributed by atoms with Crippen LogP contribution in [0.3, 0.4) is 0 Å². The van der Waals surface area contributed by atoms with Crippen LogP contribution >= 0.6 is 23.1 Å². The van der Waals surface area contributed by atoms with Crippen molar-refractivity contribution in [1.29, 1.82) is 0 Å². The highest BCUT2D eigenvalue weighted by Crippen LogP contribution is 2.25. The number of thiazole rings is 1. The van der Waals surface area contributed by atoms with Crippen LogP contribution in [0.4, 0.5) is 0 Å². The third-order valence-corrected chi connectivity index (χ3v) is 3.94. The zero-order chi connectivity index (χ0) is 12.3. The van der Waals surface area contributed by atoms with Gasteiger partial charge in [0.1, 0.15) is 15.7 Å². The fourth-order valence-electron chi connectivity index (χ4n) is 1.41. The van der Waals surface area contributed by atoms with Crippen molar-refractivity contribution in [2.24, 2.45) is 0 Å². The molecule has 2 rings (SSSR count). The second-order valence-electron chi connectivity index (χ2n) is 3.25. The van der Waals surface area contributed by atoms with Crippen molar-refractivity contribution >= 4 is 28.9 Å². The first-order chi connectivity index (χ1) is 8.26. The molecule has 0 atom stereocenters. The molecule has 0 fully saturated rings. The average Bonchev–Trinajstić information content (AvgIpc) is 2.86. The van der Waals surface area contributed by atoms with Gasteiger partial charge in [0, 0.05) is 5.56 Å². The van der Waals surface area contributed by atoms with E-state index in [0.717, 1.165) is 10.8 Å². The smallest absolute Gasteiger partial charge is 0.205 e. The molecule has 0 spiro atoms. The SMILES string of the molecule is COc1ccc(C(=O)c2scnc2SC)cc1. The lowest BCUT2D eigenvalue weighted by molar-refractivity contribution is 0.103. The van der Waals surface area contributed by atoms with E-state index in [9.17, 15) is 4.79 Å². The fourth-order valence-corrected chi connectivity index (χ4v) is 2.94.